The zero-order chi connectivity index (χ0) is 15.1. The fraction of sp³-hybridized carbons (Fsp3) is 0.600. The van der Waals surface area contributed by atoms with Crippen LogP contribution in [0.4, 0.5) is 0 Å². The van der Waals surface area contributed by atoms with Crippen LogP contribution in [0.2, 0.25) is 0 Å². The van der Waals surface area contributed by atoms with Crippen LogP contribution in [-0.4, -0.2) is 32.0 Å². The smallest absolute Gasteiger partial charge is 0.142 e. The van der Waals surface area contributed by atoms with Gasteiger partial charge >= 0.3 is 0 Å². The van der Waals surface area contributed by atoms with Crippen LogP contribution in [0.5, 0.6) is 11.5 Å². The summed E-state index contributed by atoms with van der Waals surface area (Å²) in [5.74, 6) is 1.25. The van der Waals surface area contributed by atoms with Crippen LogP contribution in [0, 0.1) is 0 Å². The Balaban J connectivity index is 3.13. The first-order chi connectivity index (χ1) is 9.60. The maximum atomic E-state index is 10.6. The lowest BCUT2D eigenvalue weighted by atomic mass is 9.99. The molecule has 2 unspecified atom stereocenters. The van der Waals surface area contributed by atoms with E-state index in [0.717, 1.165) is 12.8 Å². The number of aliphatic hydroxyl groups excluding tert-OH is 1. The molecule has 0 aliphatic heterocycles. The summed E-state index contributed by atoms with van der Waals surface area (Å²) in [6.45, 7) is 4.57. The highest BCUT2D eigenvalue weighted by Crippen LogP contribution is 2.41. The first kappa shape index (κ1) is 17.3. The molecule has 4 nitrogen and oxygen atoms in total. The van der Waals surface area contributed by atoms with Gasteiger partial charge in [-0.2, -0.15) is 0 Å². The molecule has 0 aliphatic carbocycles. The predicted molar refractivity (Wildman–Crippen MR) is 82.5 cm³/mol. The number of hydrogen-bond acceptors (Lipinski definition) is 4. The van der Waals surface area contributed by atoms with E-state index >= 15 is 0 Å². The van der Waals surface area contributed by atoms with Gasteiger partial charge in [0.15, 0.2) is 0 Å². The number of ether oxygens (including phenoxy) is 3. The molecule has 0 amide bonds. The molecule has 20 heavy (non-hydrogen) atoms. The standard InChI is InChI=1S/C15H23BrO4/c1-5-7-12(20-6-2)14(17)10-8-9-11(18-3)13(16)15(10)19-4/h8-9,12,14,17H,5-7H2,1-4H3. The molecule has 0 aliphatic rings. The molecule has 0 saturated carbocycles. The minimum atomic E-state index is -0.730. The van der Waals surface area contributed by atoms with Gasteiger partial charge in [-0.15, -0.1) is 0 Å². The Morgan fingerprint density at radius 1 is 1.20 bits per heavy atom. The van der Waals surface area contributed by atoms with E-state index in [1.807, 2.05) is 13.0 Å². The van der Waals surface area contributed by atoms with E-state index in [2.05, 4.69) is 22.9 Å². The molecular formula is C15H23BrO4. The minimum Gasteiger partial charge on any atom is -0.495 e. The van der Waals surface area contributed by atoms with Crippen molar-refractivity contribution in [1.82, 2.24) is 0 Å². The van der Waals surface area contributed by atoms with E-state index < -0.39 is 6.10 Å². The second-order valence-electron chi connectivity index (χ2n) is 4.43. The van der Waals surface area contributed by atoms with Gasteiger partial charge in [0, 0.05) is 12.2 Å². The highest BCUT2D eigenvalue weighted by atomic mass is 79.9. The van der Waals surface area contributed by atoms with Crippen molar-refractivity contribution in [3.05, 3.63) is 22.2 Å². The van der Waals surface area contributed by atoms with Crippen molar-refractivity contribution >= 4 is 15.9 Å². The van der Waals surface area contributed by atoms with Crippen LogP contribution in [0.3, 0.4) is 0 Å². The molecule has 1 N–H and O–H groups in total. The molecular weight excluding hydrogens is 324 g/mol. The Kier molecular flexibility index (Phi) is 7.34. The van der Waals surface area contributed by atoms with E-state index in [1.54, 1.807) is 20.3 Å². The van der Waals surface area contributed by atoms with E-state index in [1.165, 1.54) is 0 Å². The second kappa shape index (κ2) is 8.49. The van der Waals surface area contributed by atoms with Gasteiger partial charge in [-0.25, -0.2) is 0 Å². The first-order valence-corrected chi connectivity index (χ1v) is 7.59. The number of hydrogen-bond donors (Lipinski definition) is 1. The highest BCUT2D eigenvalue weighted by molar-refractivity contribution is 9.10. The molecule has 0 bridgehead atoms. The molecule has 0 fully saturated rings. The summed E-state index contributed by atoms with van der Waals surface area (Å²) in [5.41, 5.74) is 0.701. The molecule has 1 aromatic rings. The van der Waals surface area contributed by atoms with E-state index in [4.69, 9.17) is 14.2 Å². The van der Waals surface area contributed by atoms with Crippen LogP contribution in [0.25, 0.3) is 0 Å². The normalized spacial score (nSPS) is 13.9. The SMILES string of the molecule is CCCC(OCC)C(O)c1ccc(OC)c(Br)c1OC. The maximum Gasteiger partial charge on any atom is 0.142 e. The maximum absolute atomic E-state index is 10.6. The summed E-state index contributed by atoms with van der Waals surface area (Å²) < 4.78 is 17.0. The van der Waals surface area contributed by atoms with E-state index in [-0.39, 0.29) is 6.10 Å². The topological polar surface area (TPSA) is 47.9 Å². The van der Waals surface area contributed by atoms with Crippen LogP contribution in [0.1, 0.15) is 38.4 Å². The largest absolute Gasteiger partial charge is 0.495 e. The third kappa shape index (κ3) is 3.87. The fourth-order valence-electron chi connectivity index (χ4n) is 2.18. The predicted octanol–water partition coefficient (Wildman–Crippen LogP) is 3.70. The Bertz CT molecular complexity index is 417. The van der Waals surface area contributed by atoms with Crippen LogP contribution < -0.4 is 9.47 Å². The van der Waals surface area contributed by atoms with E-state index in [0.29, 0.717) is 28.1 Å². The number of methoxy groups -OCH3 is 2. The lowest BCUT2D eigenvalue weighted by Gasteiger charge is -2.25. The van der Waals surface area contributed by atoms with Crippen LogP contribution in [-0.2, 0) is 4.74 Å². The minimum absolute atomic E-state index is 0.237. The molecule has 0 aromatic heterocycles. The van der Waals surface area contributed by atoms with Gasteiger partial charge in [0.1, 0.15) is 22.1 Å². The average molecular weight is 347 g/mol. The van der Waals surface area contributed by atoms with E-state index in [9.17, 15) is 5.11 Å². The summed E-state index contributed by atoms with van der Waals surface area (Å²) in [7, 11) is 3.17. The summed E-state index contributed by atoms with van der Waals surface area (Å²) in [5, 5.41) is 10.6. The second-order valence-corrected chi connectivity index (χ2v) is 5.22. The Labute approximate surface area is 129 Å². The number of benzene rings is 1. The Morgan fingerprint density at radius 2 is 1.90 bits per heavy atom. The van der Waals surface area contributed by atoms with Crippen LogP contribution in [0.15, 0.2) is 16.6 Å². The number of aliphatic hydroxyl groups is 1. The molecule has 1 rings (SSSR count). The molecule has 0 heterocycles. The van der Waals surface area contributed by atoms with Crippen molar-refractivity contribution < 1.29 is 19.3 Å². The molecule has 0 saturated heterocycles. The van der Waals surface area contributed by atoms with Crippen molar-refractivity contribution in [2.24, 2.45) is 0 Å². The zero-order valence-corrected chi connectivity index (χ0v) is 14.1. The zero-order valence-electron chi connectivity index (χ0n) is 12.5. The molecule has 2 atom stereocenters. The van der Waals surface area contributed by atoms with Gasteiger partial charge in [-0.1, -0.05) is 13.3 Å². The summed E-state index contributed by atoms with van der Waals surface area (Å²) in [4.78, 5) is 0. The Hall–Kier alpha value is -0.780. The lowest BCUT2D eigenvalue weighted by molar-refractivity contribution is -0.0393. The fourth-order valence-corrected chi connectivity index (χ4v) is 2.87. The molecule has 0 spiro atoms. The molecule has 0 radical (unpaired) electrons. The van der Waals surface area contributed by atoms with Gasteiger partial charge in [0.05, 0.1) is 20.3 Å². The highest BCUT2D eigenvalue weighted by Gasteiger charge is 2.25. The average Bonchev–Trinajstić information content (AvgIpc) is 2.46. The summed E-state index contributed by atoms with van der Waals surface area (Å²) in [6.07, 6.45) is 0.773. The summed E-state index contributed by atoms with van der Waals surface area (Å²) in [6, 6.07) is 3.62. The third-order valence-corrected chi connectivity index (χ3v) is 3.89. The molecule has 114 valence electrons. The number of rotatable bonds is 8. The van der Waals surface area contributed by atoms with Gasteiger partial charge in [-0.3, -0.25) is 0 Å². The van der Waals surface area contributed by atoms with Crippen molar-refractivity contribution in [2.75, 3.05) is 20.8 Å². The van der Waals surface area contributed by atoms with Crippen molar-refractivity contribution in [1.29, 1.82) is 0 Å². The monoisotopic (exact) mass is 346 g/mol. The van der Waals surface area contributed by atoms with Crippen molar-refractivity contribution in [3.8, 4) is 11.5 Å². The lowest BCUT2D eigenvalue weighted by Crippen LogP contribution is -2.23. The van der Waals surface area contributed by atoms with Crippen molar-refractivity contribution in [3.63, 3.8) is 0 Å². The van der Waals surface area contributed by atoms with Gasteiger partial charge in [0.2, 0.25) is 0 Å². The quantitative estimate of drug-likeness (QED) is 0.779. The number of halogens is 1. The van der Waals surface area contributed by atoms with Gasteiger partial charge in [0.25, 0.3) is 0 Å². The third-order valence-electron chi connectivity index (χ3n) is 3.14. The Morgan fingerprint density at radius 3 is 2.40 bits per heavy atom. The van der Waals surface area contributed by atoms with Gasteiger partial charge < -0.3 is 19.3 Å². The first-order valence-electron chi connectivity index (χ1n) is 6.80. The molecule has 5 heteroatoms. The van der Waals surface area contributed by atoms with Crippen molar-refractivity contribution in [2.45, 2.75) is 38.9 Å². The van der Waals surface area contributed by atoms with Gasteiger partial charge in [-0.05, 0) is 41.4 Å². The van der Waals surface area contributed by atoms with Crippen LogP contribution >= 0.6 is 15.9 Å². The summed E-state index contributed by atoms with van der Waals surface area (Å²) >= 11 is 3.45. The molecule has 1 aromatic carbocycles.